The molecular formula is C5H10ClNO2S. The van der Waals surface area contributed by atoms with Crippen LogP contribution in [-0.4, -0.2) is 27.1 Å². The molecule has 0 aliphatic carbocycles. The van der Waals surface area contributed by atoms with Crippen molar-refractivity contribution in [2.75, 3.05) is 18.7 Å². The number of hydrogen-bond donors (Lipinski definition) is 1. The summed E-state index contributed by atoms with van der Waals surface area (Å²) in [5, 5.41) is 0. The number of nitrogens with one attached hydrogen (secondary N) is 1. The average molecular weight is 184 g/mol. The molecule has 0 atom stereocenters. The molecule has 0 saturated carbocycles. The first-order valence-electron chi connectivity index (χ1n) is 2.72. The minimum absolute atomic E-state index is 0.311. The Hall–Kier alpha value is -0.0600. The third-order valence-electron chi connectivity index (χ3n) is 0.719. The third-order valence-corrected chi connectivity index (χ3v) is 1.59. The summed E-state index contributed by atoms with van der Waals surface area (Å²) in [6.07, 6.45) is 4.45. The lowest BCUT2D eigenvalue weighted by Crippen LogP contribution is -2.21. The van der Waals surface area contributed by atoms with Crippen molar-refractivity contribution in [3.8, 4) is 0 Å². The van der Waals surface area contributed by atoms with Gasteiger partial charge >= 0.3 is 0 Å². The van der Waals surface area contributed by atoms with Gasteiger partial charge in [0, 0.05) is 12.4 Å². The Balaban J connectivity index is 3.48. The van der Waals surface area contributed by atoms with E-state index in [9.17, 15) is 8.42 Å². The van der Waals surface area contributed by atoms with E-state index in [-0.39, 0.29) is 0 Å². The van der Waals surface area contributed by atoms with Gasteiger partial charge in [-0.25, -0.2) is 13.1 Å². The summed E-state index contributed by atoms with van der Waals surface area (Å²) in [4.78, 5) is 0. The molecule has 0 rings (SSSR count). The Morgan fingerprint density at radius 2 is 2.10 bits per heavy atom. The van der Waals surface area contributed by atoms with Crippen LogP contribution in [0.2, 0.25) is 0 Å². The molecule has 0 spiro atoms. The van der Waals surface area contributed by atoms with Crippen molar-refractivity contribution in [3.05, 3.63) is 12.2 Å². The van der Waals surface area contributed by atoms with E-state index in [1.54, 1.807) is 12.2 Å². The van der Waals surface area contributed by atoms with Crippen molar-refractivity contribution in [1.82, 2.24) is 4.72 Å². The van der Waals surface area contributed by atoms with Crippen LogP contribution in [0, 0.1) is 0 Å². The number of rotatable bonds is 4. The molecule has 0 heterocycles. The topological polar surface area (TPSA) is 46.2 Å². The van der Waals surface area contributed by atoms with Crippen LogP contribution in [0.5, 0.6) is 0 Å². The zero-order valence-electron chi connectivity index (χ0n) is 5.67. The van der Waals surface area contributed by atoms with Crippen LogP contribution in [0.1, 0.15) is 0 Å². The van der Waals surface area contributed by atoms with Gasteiger partial charge in [0.1, 0.15) is 0 Å². The highest BCUT2D eigenvalue weighted by Gasteiger charge is 1.94. The van der Waals surface area contributed by atoms with Crippen molar-refractivity contribution in [1.29, 1.82) is 0 Å². The maximum atomic E-state index is 10.4. The first-order chi connectivity index (χ1) is 4.56. The predicted molar refractivity (Wildman–Crippen MR) is 42.7 cm³/mol. The van der Waals surface area contributed by atoms with Gasteiger partial charge in [-0.3, -0.25) is 0 Å². The lowest BCUT2D eigenvalue weighted by Gasteiger charge is -1.94. The second-order valence-electron chi connectivity index (χ2n) is 1.75. The molecule has 10 heavy (non-hydrogen) atoms. The number of sulfonamides is 1. The summed E-state index contributed by atoms with van der Waals surface area (Å²) in [5.74, 6) is 0.408. The molecule has 0 aromatic heterocycles. The second-order valence-corrected chi connectivity index (χ2v) is 3.89. The maximum absolute atomic E-state index is 10.4. The fourth-order valence-electron chi connectivity index (χ4n) is 0.346. The average Bonchev–Trinajstić information content (AvgIpc) is 1.78. The van der Waals surface area contributed by atoms with Gasteiger partial charge in [-0.1, -0.05) is 12.2 Å². The van der Waals surface area contributed by atoms with Gasteiger partial charge in [0.15, 0.2) is 0 Å². The first kappa shape index (κ1) is 9.94. The SMILES string of the molecule is CS(=O)(=O)NC/C=C/CCl. The van der Waals surface area contributed by atoms with Gasteiger partial charge in [-0.15, -0.1) is 11.6 Å². The molecule has 0 saturated heterocycles. The van der Waals surface area contributed by atoms with Crippen molar-refractivity contribution >= 4 is 21.6 Å². The van der Waals surface area contributed by atoms with Crippen LogP contribution < -0.4 is 4.72 Å². The molecule has 0 unspecified atom stereocenters. The summed E-state index contributed by atoms with van der Waals surface area (Å²) in [7, 11) is -3.05. The minimum Gasteiger partial charge on any atom is -0.213 e. The van der Waals surface area contributed by atoms with E-state index in [4.69, 9.17) is 11.6 Å². The van der Waals surface area contributed by atoms with E-state index in [2.05, 4.69) is 4.72 Å². The van der Waals surface area contributed by atoms with Crippen molar-refractivity contribution in [3.63, 3.8) is 0 Å². The van der Waals surface area contributed by atoms with Gasteiger partial charge in [0.05, 0.1) is 6.26 Å². The summed E-state index contributed by atoms with van der Waals surface area (Å²) >= 11 is 5.29. The second kappa shape index (κ2) is 4.71. The number of alkyl halides is 1. The molecule has 0 bridgehead atoms. The summed E-state index contributed by atoms with van der Waals surface area (Å²) < 4.78 is 23.1. The van der Waals surface area contributed by atoms with E-state index in [1.165, 1.54) is 0 Å². The van der Waals surface area contributed by atoms with E-state index < -0.39 is 10.0 Å². The lowest BCUT2D eigenvalue weighted by molar-refractivity contribution is 0.592. The number of hydrogen-bond acceptors (Lipinski definition) is 2. The molecular weight excluding hydrogens is 174 g/mol. The van der Waals surface area contributed by atoms with Crippen LogP contribution >= 0.6 is 11.6 Å². The Labute approximate surface area is 66.1 Å². The van der Waals surface area contributed by atoms with E-state index in [1.807, 2.05) is 0 Å². The maximum Gasteiger partial charge on any atom is 0.208 e. The molecule has 0 fully saturated rings. The summed E-state index contributed by atoms with van der Waals surface area (Å²) in [6, 6.07) is 0. The largest absolute Gasteiger partial charge is 0.213 e. The van der Waals surface area contributed by atoms with Gasteiger partial charge in [0.25, 0.3) is 0 Å². The van der Waals surface area contributed by atoms with Gasteiger partial charge < -0.3 is 0 Å². The Kier molecular flexibility index (Phi) is 4.68. The third kappa shape index (κ3) is 7.94. The molecule has 0 amide bonds. The van der Waals surface area contributed by atoms with E-state index in [0.29, 0.717) is 12.4 Å². The van der Waals surface area contributed by atoms with E-state index >= 15 is 0 Å². The molecule has 0 aliphatic heterocycles. The van der Waals surface area contributed by atoms with Gasteiger partial charge in [-0.2, -0.15) is 0 Å². The predicted octanol–water partition coefficient (Wildman–Crippen LogP) is 0.331. The highest BCUT2D eigenvalue weighted by molar-refractivity contribution is 7.88. The van der Waals surface area contributed by atoms with Crippen LogP contribution in [0.15, 0.2) is 12.2 Å². The fraction of sp³-hybridized carbons (Fsp3) is 0.600. The molecule has 5 heteroatoms. The van der Waals surface area contributed by atoms with Crippen LogP contribution in [0.25, 0.3) is 0 Å². The molecule has 60 valence electrons. The summed E-state index contributed by atoms with van der Waals surface area (Å²) in [5.41, 5.74) is 0. The Morgan fingerprint density at radius 1 is 1.50 bits per heavy atom. The normalized spacial score (nSPS) is 12.6. The molecule has 0 aromatic rings. The summed E-state index contributed by atoms with van der Waals surface area (Å²) in [6.45, 7) is 0.311. The molecule has 0 aromatic carbocycles. The van der Waals surface area contributed by atoms with Gasteiger partial charge in [-0.05, 0) is 0 Å². The van der Waals surface area contributed by atoms with Crippen LogP contribution in [-0.2, 0) is 10.0 Å². The molecule has 1 N–H and O–H groups in total. The van der Waals surface area contributed by atoms with Crippen LogP contribution in [0.4, 0.5) is 0 Å². The van der Waals surface area contributed by atoms with Crippen molar-refractivity contribution in [2.45, 2.75) is 0 Å². The van der Waals surface area contributed by atoms with Crippen molar-refractivity contribution in [2.24, 2.45) is 0 Å². The number of halogens is 1. The van der Waals surface area contributed by atoms with Crippen molar-refractivity contribution < 1.29 is 8.42 Å². The highest BCUT2D eigenvalue weighted by atomic mass is 35.5. The Bertz CT molecular complexity index is 198. The zero-order valence-corrected chi connectivity index (χ0v) is 7.24. The first-order valence-corrected chi connectivity index (χ1v) is 5.14. The molecule has 0 aliphatic rings. The monoisotopic (exact) mass is 183 g/mol. The molecule has 0 radical (unpaired) electrons. The van der Waals surface area contributed by atoms with E-state index in [0.717, 1.165) is 6.26 Å². The number of allylic oxidation sites excluding steroid dienone is 1. The van der Waals surface area contributed by atoms with Gasteiger partial charge in [0.2, 0.25) is 10.0 Å². The molecule has 3 nitrogen and oxygen atoms in total. The Morgan fingerprint density at radius 3 is 2.50 bits per heavy atom. The lowest BCUT2D eigenvalue weighted by atomic mass is 10.5. The minimum atomic E-state index is -3.05. The fourth-order valence-corrected chi connectivity index (χ4v) is 0.871. The van der Waals surface area contributed by atoms with Crippen LogP contribution in [0.3, 0.4) is 0 Å². The zero-order chi connectivity index (χ0) is 8.04. The smallest absolute Gasteiger partial charge is 0.208 e. The highest BCUT2D eigenvalue weighted by Crippen LogP contribution is 1.78. The quantitative estimate of drug-likeness (QED) is 0.505. The standard InChI is InChI=1S/C5H10ClNO2S/c1-10(8,9)7-5-3-2-4-6/h2-3,7H,4-5H2,1H3/b3-2+.